The Labute approximate surface area is 159 Å². The first-order valence-corrected chi connectivity index (χ1v) is 11.1. The minimum atomic E-state index is 0.539. The lowest BCUT2D eigenvalue weighted by molar-refractivity contribution is -0.0218. The molecule has 2 heteroatoms. The van der Waals surface area contributed by atoms with Crippen LogP contribution in [0.3, 0.4) is 0 Å². The Morgan fingerprint density at radius 2 is 1.62 bits per heavy atom. The monoisotopic (exact) mass is 356 g/mol. The van der Waals surface area contributed by atoms with Crippen LogP contribution in [0.2, 0.25) is 0 Å². The molecule has 0 spiro atoms. The van der Waals surface area contributed by atoms with Crippen LogP contribution in [0.25, 0.3) is 0 Å². The number of hydrogen-bond donors (Lipinski definition) is 0. The van der Waals surface area contributed by atoms with Gasteiger partial charge < -0.3 is 9.47 Å². The molecule has 2 nitrogen and oxygen atoms in total. The third-order valence-corrected chi connectivity index (χ3v) is 7.02. The van der Waals surface area contributed by atoms with Crippen molar-refractivity contribution in [3.63, 3.8) is 0 Å². The molecular formula is C24H36O2. The van der Waals surface area contributed by atoms with Crippen molar-refractivity contribution >= 4 is 0 Å². The number of aryl methyl sites for hydroxylation is 1. The maximum Gasteiger partial charge on any atom is 0.0838 e. The van der Waals surface area contributed by atoms with Gasteiger partial charge in [0.25, 0.3) is 0 Å². The molecule has 3 fully saturated rings. The Bertz CT molecular complexity index is 532. The molecule has 2 aliphatic heterocycles. The predicted molar refractivity (Wildman–Crippen MR) is 107 cm³/mol. The second-order valence-electron chi connectivity index (χ2n) is 8.95. The summed E-state index contributed by atoms with van der Waals surface area (Å²) in [5.74, 6) is 2.39. The smallest absolute Gasteiger partial charge is 0.0838 e. The number of hydrogen-bond acceptors (Lipinski definition) is 2. The normalized spacial score (nSPS) is 34.6. The molecule has 4 rings (SSSR count). The molecule has 1 saturated carbocycles. The van der Waals surface area contributed by atoms with Gasteiger partial charge in [-0.1, -0.05) is 37.6 Å². The lowest BCUT2D eigenvalue weighted by Crippen LogP contribution is -2.26. The fraction of sp³-hybridized carbons (Fsp3) is 0.750. The average molecular weight is 357 g/mol. The zero-order valence-corrected chi connectivity index (χ0v) is 16.5. The first-order valence-electron chi connectivity index (χ1n) is 11.1. The zero-order chi connectivity index (χ0) is 17.8. The van der Waals surface area contributed by atoms with Crippen LogP contribution in [0.15, 0.2) is 24.3 Å². The second kappa shape index (κ2) is 8.89. The minimum absolute atomic E-state index is 0.539. The third-order valence-electron chi connectivity index (χ3n) is 7.02. The number of ether oxygens (including phenoxy) is 2. The van der Waals surface area contributed by atoms with E-state index in [1.54, 1.807) is 5.56 Å². The average Bonchev–Trinajstić information content (AvgIpc) is 3.54. The van der Waals surface area contributed by atoms with Gasteiger partial charge >= 0.3 is 0 Å². The SMILES string of the molecule is CCCC1CCC(CCc2ccc(C3CCC(C4CO4)CC3)cc2)CO1. The van der Waals surface area contributed by atoms with Crippen molar-refractivity contribution in [1.29, 1.82) is 0 Å². The van der Waals surface area contributed by atoms with Gasteiger partial charge in [0.1, 0.15) is 0 Å². The molecule has 26 heavy (non-hydrogen) atoms. The Morgan fingerprint density at radius 1 is 0.846 bits per heavy atom. The van der Waals surface area contributed by atoms with Crippen LogP contribution < -0.4 is 0 Å². The molecule has 1 aliphatic carbocycles. The molecular weight excluding hydrogens is 320 g/mol. The van der Waals surface area contributed by atoms with Crippen LogP contribution in [0.5, 0.6) is 0 Å². The number of benzene rings is 1. The van der Waals surface area contributed by atoms with E-state index in [0.29, 0.717) is 12.2 Å². The van der Waals surface area contributed by atoms with Gasteiger partial charge in [0.05, 0.1) is 18.8 Å². The van der Waals surface area contributed by atoms with Crippen molar-refractivity contribution in [2.24, 2.45) is 11.8 Å². The van der Waals surface area contributed by atoms with E-state index in [4.69, 9.17) is 9.47 Å². The van der Waals surface area contributed by atoms with Gasteiger partial charge in [0.2, 0.25) is 0 Å². The van der Waals surface area contributed by atoms with Gasteiger partial charge in [-0.05, 0) is 86.7 Å². The van der Waals surface area contributed by atoms with Crippen LogP contribution in [0.1, 0.15) is 81.8 Å². The second-order valence-corrected chi connectivity index (χ2v) is 8.95. The Balaban J connectivity index is 1.20. The highest BCUT2D eigenvalue weighted by molar-refractivity contribution is 5.26. The van der Waals surface area contributed by atoms with Gasteiger partial charge in [0, 0.05) is 6.61 Å². The standard InChI is InChI=1S/C24H36O2/c1-2-3-23-15-8-19(16-25-23)5-4-18-6-9-20(10-7-18)21-11-13-22(14-12-21)24-17-26-24/h6-7,9-10,19,21-24H,2-5,8,11-17H2,1H3. The van der Waals surface area contributed by atoms with Gasteiger partial charge in [-0.2, -0.15) is 0 Å². The molecule has 1 aromatic rings. The number of rotatable bonds is 7. The van der Waals surface area contributed by atoms with Crippen LogP contribution in [0, 0.1) is 11.8 Å². The summed E-state index contributed by atoms with van der Waals surface area (Å²) in [5, 5.41) is 0. The maximum atomic E-state index is 6.04. The molecule has 0 amide bonds. The molecule has 3 aliphatic rings. The zero-order valence-electron chi connectivity index (χ0n) is 16.5. The first-order chi connectivity index (χ1) is 12.8. The van der Waals surface area contributed by atoms with E-state index in [2.05, 4.69) is 31.2 Å². The fourth-order valence-electron chi connectivity index (χ4n) is 5.12. The summed E-state index contributed by atoms with van der Waals surface area (Å²) in [6, 6.07) is 9.58. The molecule has 2 heterocycles. The minimum Gasteiger partial charge on any atom is -0.378 e. The summed E-state index contributed by atoms with van der Waals surface area (Å²) >= 11 is 0. The van der Waals surface area contributed by atoms with E-state index < -0.39 is 0 Å². The van der Waals surface area contributed by atoms with Crippen molar-refractivity contribution in [1.82, 2.24) is 0 Å². The largest absolute Gasteiger partial charge is 0.378 e. The van der Waals surface area contributed by atoms with Crippen molar-refractivity contribution in [3.05, 3.63) is 35.4 Å². The van der Waals surface area contributed by atoms with Gasteiger partial charge in [-0.25, -0.2) is 0 Å². The Hall–Kier alpha value is -0.860. The van der Waals surface area contributed by atoms with Crippen LogP contribution in [-0.4, -0.2) is 25.4 Å². The molecule has 144 valence electrons. The van der Waals surface area contributed by atoms with E-state index in [-0.39, 0.29) is 0 Å². The summed E-state index contributed by atoms with van der Waals surface area (Å²) in [4.78, 5) is 0. The van der Waals surface area contributed by atoms with Crippen LogP contribution >= 0.6 is 0 Å². The molecule has 0 aromatic heterocycles. The molecule has 3 unspecified atom stereocenters. The highest BCUT2D eigenvalue weighted by Crippen LogP contribution is 2.40. The molecule has 0 N–H and O–H groups in total. The predicted octanol–water partition coefficient (Wildman–Crippen LogP) is 5.89. The Morgan fingerprint density at radius 3 is 2.23 bits per heavy atom. The quantitative estimate of drug-likeness (QED) is 0.568. The molecule has 0 bridgehead atoms. The van der Waals surface area contributed by atoms with E-state index in [9.17, 15) is 0 Å². The summed E-state index contributed by atoms with van der Waals surface area (Å²) < 4.78 is 11.5. The molecule has 2 saturated heterocycles. The van der Waals surface area contributed by atoms with Crippen LogP contribution in [0.4, 0.5) is 0 Å². The van der Waals surface area contributed by atoms with Crippen LogP contribution in [-0.2, 0) is 15.9 Å². The summed E-state index contributed by atoms with van der Waals surface area (Å²) in [6.07, 6.45) is 14.2. The van der Waals surface area contributed by atoms with E-state index in [1.165, 1.54) is 69.8 Å². The molecule has 3 atom stereocenters. The fourth-order valence-corrected chi connectivity index (χ4v) is 5.12. The number of epoxide rings is 1. The van der Waals surface area contributed by atoms with Gasteiger partial charge in [-0.15, -0.1) is 0 Å². The topological polar surface area (TPSA) is 21.8 Å². The Kier molecular flexibility index (Phi) is 6.32. The van der Waals surface area contributed by atoms with E-state index >= 15 is 0 Å². The molecule has 1 aromatic carbocycles. The first kappa shape index (κ1) is 18.5. The molecule has 0 radical (unpaired) electrons. The maximum absolute atomic E-state index is 6.04. The lowest BCUT2D eigenvalue weighted by atomic mass is 9.77. The van der Waals surface area contributed by atoms with E-state index in [1.807, 2.05) is 0 Å². The van der Waals surface area contributed by atoms with Crippen molar-refractivity contribution < 1.29 is 9.47 Å². The summed E-state index contributed by atoms with van der Waals surface area (Å²) in [5.41, 5.74) is 3.07. The summed E-state index contributed by atoms with van der Waals surface area (Å²) in [6.45, 7) is 4.26. The van der Waals surface area contributed by atoms with Crippen molar-refractivity contribution in [2.75, 3.05) is 13.2 Å². The van der Waals surface area contributed by atoms with E-state index in [0.717, 1.165) is 31.0 Å². The lowest BCUT2D eigenvalue weighted by Gasteiger charge is -2.29. The van der Waals surface area contributed by atoms with Crippen molar-refractivity contribution in [3.8, 4) is 0 Å². The van der Waals surface area contributed by atoms with Crippen molar-refractivity contribution in [2.45, 2.75) is 89.3 Å². The summed E-state index contributed by atoms with van der Waals surface area (Å²) in [7, 11) is 0. The highest BCUT2D eigenvalue weighted by Gasteiger charge is 2.35. The van der Waals surface area contributed by atoms with Gasteiger partial charge in [-0.3, -0.25) is 0 Å². The highest BCUT2D eigenvalue weighted by atomic mass is 16.6. The van der Waals surface area contributed by atoms with Gasteiger partial charge in [0.15, 0.2) is 0 Å². The third kappa shape index (κ3) is 4.89.